The van der Waals surface area contributed by atoms with Crippen molar-refractivity contribution in [1.29, 1.82) is 0 Å². The fraction of sp³-hybridized carbons (Fsp3) is 0. The highest BCUT2D eigenvalue weighted by Gasteiger charge is 2.18. The lowest BCUT2D eigenvalue weighted by molar-refractivity contribution is 1.08. The Bertz CT molecular complexity index is 2800. The maximum atomic E-state index is 5.06. The Morgan fingerprint density at radius 3 is 1.54 bits per heavy atom. The van der Waals surface area contributed by atoms with Crippen molar-refractivity contribution in [2.45, 2.75) is 0 Å². The molecule has 0 aliphatic heterocycles. The summed E-state index contributed by atoms with van der Waals surface area (Å²) in [5.74, 6) is 2.01. The van der Waals surface area contributed by atoms with Crippen molar-refractivity contribution in [3.63, 3.8) is 0 Å². The van der Waals surface area contributed by atoms with Gasteiger partial charge in [-0.05, 0) is 53.1 Å². The molecule has 0 aliphatic rings. The molecule has 50 heavy (non-hydrogen) atoms. The Hall–Kier alpha value is -6.01. The third-order valence-electron chi connectivity index (χ3n) is 9.33. The molecule has 0 aliphatic carbocycles. The third kappa shape index (κ3) is 4.90. The molecule has 0 saturated carbocycles. The van der Waals surface area contributed by atoms with Crippen LogP contribution in [-0.2, 0) is 0 Å². The molecular formula is C45H27N3S2. The van der Waals surface area contributed by atoms with Crippen LogP contribution in [0.15, 0.2) is 164 Å². The zero-order chi connectivity index (χ0) is 33.0. The van der Waals surface area contributed by atoms with E-state index in [2.05, 4.69) is 127 Å². The number of nitrogens with zero attached hydrogens (tertiary/aromatic N) is 3. The molecule has 10 rings (SSSR count). The summed E-state index contributed by atoms with van der Waals surface area (Å²) in [5, 5.41) is 5.05. The number of aromatic nitrogens is 3. The minimum absolute atomic E-state index is 0.667. The van der Waals surface area contributed by atoms with E-state index in [-0.39, 0.29) is 0 Å². The molecule has 0 atom stereocenters. The summed E-state index contributed by atoms with van der Waals surface area (Å²) in [5.41, 5.74) is 7.87. The first-order valence-electron chi connectivity index (χ1n) is 16.6. The minimum atomic E-state index is 0.667. The van der Waals surface area contributed by atoms with Crippen molar-refractivity contribution in [3.05, 3.63) is 164 Å². The van der Waals surface area contributed by atoms with Crippen LogP contribution < -0.4 is 0 Å². The van der Waals surface area contributed by atoms with Crippen LogP contribution in [-0.4, -0.2) is 15.0 Å². The summed E-state index contributed by atoms with van der Waals surface area (Å²) in [6.07, 6.45) is 0. The Morgan fingerprint density at radius 2 is 0.840 bits per heavy atom. The molecule has 3 heterocycles. The van der Waals surface area contributed by atoms with Crippen molar-refractivity contribution >= 4 is 63.0 Å². The van der Waals surface area contributed by atoms with Gasteiger partial charge in [-0.3, -0.25) is 0 Å². The van der Waals surface area contributed by atoms with Gasteiger partial charge in [0.05, 0.1) is 0 Å². The topological polar surface area (TPSA) is 38.7 Å². The van der Waals surface area contributed by atoms with E-state index >= 15 is 0 Å². The molecule has 0 saturated heterocycles. The number of hydrogen-bond acceptors (Lipinski definition) is 5. The molecule has 7 aromatic carbocycles. The third-order valence-corrected chi connectivity index (χ3v) is 11.8. The summed E-state index contributed by atoms with van der Waals surface area (Å²) >= 11 is 3.67. The van der Waals surface area contributed by atoms with Crippen LogP contribution in [0.25, 0.3) is 96.8 Å². The predicted octanol–water partition coefficient (Wildman–Crippen LogP) is 12.9. The van der Waals surface area contributed by atoms with E-state index in [1.807, 2.05) is 47.7 Å². The van der Waals surface area contributed by atoms with Crippen LogP contribution in [0.4, 0.5) is 0 Å². The minimum Gasteiger partial charge on any atom is -0.208 e. The van der Waals surface area contributed by atoms with Gasteiger partial charge in [0.1, 0.15) is 0 Å². The molecule has 0 radical (unpaired) electrons. The first-order valence-corrected chi connectivity index (χ1v) is 18.2. The normalized spacial score (nSPS) is 11.6. The lowest BCUT2D eigenvalue weighted by Gasteiger charge is -2.10. The number of fused-ring (bicyclic) bond motifs is 6. The number of rotatable bonds is 5. The van der Waals surface area contributed by atoms with Gasteiger partial charge in [0.15, 0.2) is 17.5 Å². The van der Waals surface area contributed by atoms with Crippen molar-refractivity contribution in [2.75, 3.05) is 0 Å². The van der Waals surface area contributed by atoms with Gasteiger partial charge in [-0.25, -0.2) is 15.0 Å². The molecule has 0 bridgehead atoms. The zero-order valence-corrected chi connectivity index (χ0v) is 28.4. The second-order valence-electron chi connectivity index (χ2n) is 12.4. The summed E-state index contributed by atoms with van der Waals surface area (Å²) in [4.78, 5) is 15.0. The van der Waals surface area contributed by atoms with E-state index in [1.165, 1.54) is 62.6 Å². The molecule has 0 spiro atoms. The smallest absolute Gasteiger partial charge is 0.165 e. The molecule has 5 heteroatoms. The summed E-state index contributed by atoms with van der Waals surface area (Å²) < 4.78 is 5.05. The maximum absolute atomic E-state index is 5.06. The first kappa shape index (κ1) is 29.0. The van der Waals surface area contributed by atoms with Crippen LogP contribution in [0.2, 0.25) is 0 Å². The predicted molar refractivity (Wildman–Crippen MR) is 213 cm³/mol. The second-order valence-corrected chi connectivity index (χ2v) is 14.5. The molecule has 0 N–H and O–H groups in total. The monoisotopic (exact) mass is 673 g/mol. The molecule has 10 aromatic rings. The van der Waals surface area contributed by atoms with E-state index in [0.29, 0.717) is 17.5 Å². The molecular weight excluding hydrogens is 647 g/mol. The van der Waals surface area contributed by atoms with Crippen LogP contribution in [0, 0.1) is 0 Å². The van der Waals surface area contributed by atoms with Crippen LogP contribution in [0.5, 0.6) is 0 Å². The Balaban J connectivity index is 1.16. The van der Waals surface area contributed by atoms with Crippen LogP contribution >= 0.6 is 22.7 Å². The van der Waals surface area contributed by atoms with Crippen molar-refractivity contribution in [3.8, 4) is 56.4 Å². The number of thiophene rings is 2. The Morgan fingerprint density at radius 1 is 0.300 bits per heavy atom. The highest BCUT2D eigenvalue weighted by atomic mass is 32.1. The number of benzene rings is 7. The molecule has 3 aromatic heterocycles. The molecule has 3 nitrogen and oxygen atoms in total. The van der Waals surface area contributed by atoms with E-state index < -0.39 is 0 Å². The standard InChI is InChI=1S/C45H27N3S2/c1-4-13-28(14-5-1)36-26-32(27-38-33-19-10-11-22-39(33)49-42(36)38)31-23-24-40-37(25-31)34-20-12-21-35(41(34)50-40)45-47-43(29-15-6-2-7-16-29)46-44(48-45)30-17-8-3-9-18-30/h1-27H. The van der Waals surface area contributed by atoms with Gasteiger partial charge < -0.3 is 0 Å². The van der Waals surface area contributed by atoms with Crippen molar-refractivity contribution in [1.82, 2.24) is 15.0 Å². The fourth-order valence-electron chi connectivity index (χ4n) is 6.91. The first-order chi connectivity index (χ1) is 24.8. The molecule has 0 fully saturated rings. The average Bonchev–Trinajstić information content (AvgIpc) is 3.76. The summed E-state index contributed by atoms with van der Waals surface area (Å²) in [6, 6.07) is 58.0. The number of hydrogen-bond donors (Lipinski definition) is 0. The molecule has 0 unspecified atom stereocenters. The van der Waals surface area contributed by atoms with Gasteiger partial charge in [0, 0.05) is 62.6 Å². The van der Waals surface area contributed by atoms with Crippen molar-refractivity contribution in [2.24, 2.45) is 0 Å². The highest BCUT2D eigenvalue weighted by Crippen LogP contribution is 2.45. The van der Waals surface area contributed by atoms with Gasteiger partial charge in [0.25, 0.3) is 0 Å². The largest absolute Gasteiger partial charge is 0.208 e. The van der Waals surface area contributed by atoms with E-state index in [1.54, 1.807) is 11.3 Å². The van der Waals surface area contributed by atoms with Crippen LogP contribution in [0.1, 0.15) is 0 Å². The Labute approximate surface area is 296 Å². The van der Waals surface area contributed by atoms with E-state index in [4.69, 9.17) is 15.0 Å². The SMILES string of the molecule is c1ccc(-c2nc(-c3ccccc3)nc(-c3cccc4c3sc3ccc(-c5cc(-c6ccccc6)c6sc7ccccc7c6c5)cc34)n2)cc1. The van der Waals surface area contributed by atoms with Gasteiger partial charge in [-0.15, -0.1) is 22.7 Å². The Kier molecular flexibility index (Phi) is 6.86. The van der Waals surface area contributed by atoms with Gasteiger partial charge >= 0.3 is 0 Å². The van der Waals surface area contributed by atoms with Gasteiger partial charge in [-0.1, -0.05) is 127 Å². The molecule has 0 amide bonds. The van der Waals surface area contributed by atoms with Gasteiger partial charge in [-0.2, -0.15) is 0 Å². The quantitative estimate of drug-likeness (QED) is 0.182. The highest BCUT2D eigenvalue weighted by molar-refractivity contribution is 7.26. The lowest BCUT2D eigenvalue weighted by atomic mass is 9.95. The zero-order valence-electron chi connectivity index (χ0n) is 26.7. The van der Waals surface area contributed by atoms with E-state index in [9.17, 15) is 0 Å². The summed E-state index contributed by atoms with van der Waals surface area (Å²) in [7, 11) is 0. The average molecular weight is 674 g/mol. The molecule has 234 valence electrons. The fourth-order valence-corrected chi connectivity index (χ4v) is 9.32. The lowest BCUT2D eigenvalue weighted by Crippen LogP contribution is -2.00. The van der Waals surface area contributed by atoms with Crippen molar-refractivity contribution < 1.29 is 0 Å². The van der Waals surface area contributed by atoms with Gasteiger partial charge in [0.2, 0.25) is 0 Å². The second kappa shape index (κ2) is 11.8. The summed E-state index contributed by atoms with van der Waals surface area (Å²) in [6.45, 7) is 0. The van der Waals surface area contributed by atoms with E-state index in [0.717, 1.165) is 16.7 Å². The van der Waals surface area contributed by atoms with Crippen LogP contribution in [0.3, 0.4) is 0 Å². The maximum Gasteiger partial charge on any atom is 0.165 e.